The largest absolute Gasteiger partial charge is 0.462 e. The number of alkyl halides is 3. The van der Waals surface area contributed by atoms with E-state index in [1.54, 1.807) is 0 Å². The molecule has 21 heavy (non-hydrogen) atoms. The van der Waals surface area contributed by atoms with Gasteiger partial charge in [-0.1, -0.05) is 11.6 Å². The molecule has 0 atom stereocenters. The summed E-state index contributed by atoms with van der Waals surface area (Å²) in [7, 11) is 0. The van der Waals surface area contributed by atoms with Crippen LogP contribution in [-0.2, 0) is 10.9 Å². The third-order valence-electron chi connectivity index (χ3n) is 2.73. The van der Waals surface area contributed by atoms with Crippen LogP contribution in [0, 0.1) is 0 Å². The monoisotopic (exact) mass is 319 g/mol. The number of aromatic nitrogens is 1. The lowest BCUT2D eigenvalue weighted by Gasteiger charge is -2.13. The minimum Gasteiger partial charge on any atom is -0.462 e. The van der Waals surface area contributed by atoms with Gasteiger partial charge in [0, 0.05) is 15.9 Å². The van der Waals surface area contributed by atoms with E-state index in [2.05, 4.69) is 9.72 Å². The Bertz CT molecular complexity index is 768. The summed E-state index contributed by atoms with van der Waals surface area (Å²) >= 11 is 5.72. The molecule has 0 aliphatic heterocycles. The number of H-pyrrole nitrogens is 1. The topological polar surface area (TPSA) is 59.2 Å². The summed E-state index contributed by atoms with van der Waals surface area (Å²) in [5, 5.41) is 0.0566. The van der Waals surface area contributed by atoms with Crippen LogP contribution in [0.5, 0.6) is 0 Å². The van der Waals surface area contributed by atoms with E-state index in [4.69, 9.17) is 11.6 Å². The summed E-state index contributed by atoms with van der Waals surface area (Å²) in [4.78, 5) is 25.9. The van der Waals surface area contributed by atoms with Crippen molar-refractivity contribution in [3.05, 3.63) is 44.7 Å². The van der Waals surface area contributed by atoms with E-state index in [1.165, 1.54) is 25.1 Å². The van der Waals surface area contributed by atoms with Gasteiger partial charge >= 0.3 is 12.1 Å². The Morgan fingerprint density at radius 1 is 1.38 bits per heavy atom. The van der Waals surface area contributed by atoms with Gasteiger partial charge in [-0.15, -0.1) is 0 Å². The summed E-state index contributed by atoms with van der Waals surface area (Å²) in [6.45, 7) is 1.28. The number of benzene rings is 1. The van der Waals surface area contributed by atoms with Crippen molar-refractivity contribution >= 4 is 28.5 Å². The fourth-order valence-corrected chi connectivity index (χ4v) is 2.04. The second kappa shape index (κ2) is 5.40. The molecular weight excluding hydrogens is 311 g/mol. The van der Waals surface area contributed by atoms with E-state index in [9.17, 15) is 22.8 Å². The first-order chi connectivity index (χ1) is 9.75. The first kappa shape index (κ1) is 15.4. The number of carbonyl (C=O) groups excluding carboxylic acids is 1. The molecule has 0 unspecified atom stereocenters. The molecule has 0 bridgehead atoms. The SMILES string of the molecule is CCOC(=O)c1c(C(F)(F)F)[nH]c2ccc(Cl)cc2c1=O. The second-order valence-electron chi connectivity index (χ2n) is 4.11. The van der Waals surface area contributed by atoms with Crippen LogP contribution in [0.15, 0.2) is 23.0 Å². The summed E-state index contributed by atoms with van der Waals surface area (Å²) < 4.78 is 43.6. The molecule has 0 radical (unpaired) electrons. The van der Waals surface area contributed by atoms with Gasteiger partial charge in [0.15, 0.2) is 0 Å². The maximum absolute atomic E-state index is 13.0. The number of esters is 1. The van der Waals surface area contributed by atoms with Crippen LogP contribution in [-0.4, -0.2) is 17.6 Å². The van der Waals surface area contributed by atoms with E-state index in [0.29, 0.717) is 0 Å². The number of fused-ring (bicyclic) bond motifs is 1. The van der Waals surface area contributed by atoms with Crippen molar-refractivity contribution in [1.29, 1.82) is 0 Å². The van der Waals surface area contributed by atoms with Crippen LogP contribution < -0.4 is 5.43 Å². The van der Waals surface area contributed by atoms with Crippen LogP contribution in [0.4, 0.5) is 13.2 Å². The zero-order valence-corrected chi connectivity index (χ0v) is 11.4. The molecule has 0 saturated heterocycles. The highest BCUT2D eigenvalue weighted by molar-refractivity contribution is 6.31. The van der Waals surface area contributed by atoms with Crippen LogP contribution in [0.2, 0.25) is 5.02 Å². The molecular formula is C13H9ClF3NO3. The summed E-state index contributed by atoms with van der Waals surface area (Å²) in [6, 6.07) is 3.77. The van der Waals surface area contributed by atoms with Gasteiger partial charge in [-0.2, -0.15) is 13.2 Å². The van der Waals surface area contributed by atoms with Gasteiger partial charge in [-0.05, 0) is 25.1 Å². The van der Waals surface area contributed by atoms with Gasteiger partial charge in [-0.3, -0.25) is 4.79 Å². The second-order valence-corrected chi connectivity index (χ2v) is 4.55. The number of nitrogens with one attached hydrogen (secondary N) is 1. The van der Waals surface area contributed by atoms with Crippen molar-refractivity contribution in [1.82, 2.24) is 4.98 Å². The highest BCUT2D eigenvalue weighted by Gasteiger charge is 2.39. The molecule has 112 valence electrons. The molecule has 1 aromatic heterocycles. The minimum atomic E-state index is -4.89. The Morgan fingerprint density at radius 2 is 2.05 bits per heavy atom. The molecule has 0 amide bonds. The number of hydrogen-bond acceptors (Lipinski definition) is 3. The highest BCUT2D eigenvalue weighted by Crippen LogP contribution is 2.31. The van der Waals surface area contributed by atoms with Crippen LogP contribution >= 0.6 is 11.6 Å². The Kier molecular flexibility index (Phi) is 3.95. The lowest BCUT2D eigenvalue weighted by atomic mass is 10.1. The lowest BCUT2D eigenvalue weighted by molar-refractivity contribution is -0.141. The van der Waals surface area contributed by atoms with Gasteiger partial charge in [0.1, 0.15) is 11.3 Å². The molecule has 1 heterocycles. The van der Waals surface area contributed by atoms with E-state index in [1.807, 2.05) is 0 Å². The van der Waals surface area contributed by atoms with Crippen molar-refractivity contribution in [3.8, 4) is 0 Å². The van der Waals surface area contributed by atoms with Crippen molar-refractivity contribution in [2.45, 2.75) is 13.1 Å². The maximum atomic E-state index is 13.0. The summed E-state index contributed by atoms with van der Waals surface area (Å²) in [5.74, 6) is -1.33. The molecule has 0 fully saturated rings. The first-order valence-electron chi connectivity index (χ1n) is 5.85. The van der Waals surface area contributed by atoms with Crippen molar-refractivity contribution in [2.75, 3.05) is 6.61 Å². The third kappa shape index (κ3) is 2.87. The lowest BCUT2D eigenvalue weighted by Crippen LogP contribution is -2.26. The predicted octanol–water partition coefficient (Wildman–Crippen LogP) is 3.38. The predicted molar refractivity (Wildman–Crippen MR) is 70.5 cm³/mol. The zero-order chi connectivity index (χ0) is 15.8. The first-order valence-corrected chi connectivity index (χ1v) is 6.23. The standard InChI is InChI=1S/C13H9ClF3NO3/c1-2-21-12(20)9-10(19)7-5-6(14)3-4-8(7)18-11(9)13(15,16)17/h3-5H,2H2,1H3,(H,18,19). The number of ether oxygens (including phenoxy) is 1. The molecule has 2 aromatic rings. The van der Waals surface area contributed by atoms with Crippen molar-refractivity contribution < 1.29 is 22.7 Å². The molecule has 0 aliphatic rings. The summed E-state index contributed by atoms with van der Waals surface area (Å²) in [6.07, 6.45) is -4.89. The fourth-order valence-electron chi connectivity index (χ4n) is 1.87. The van der Waals surface area contributed by atoms with E-state index < -0.39 is 28.8 Å². The van der Waals surface area contributed by atoms with Gasteiger partial charge in [-0.25, -0.2) is 4.79 Å². The molecule has 8 heteroatoms. The Morgan fingerprint density at radius 3 is 2.62 bits per heavy atom. The number of rotatable bonds is 2. The average Bonchev–Trinajstić information content (AvgIpc) is 2.38. The number of halogens is 4. The van der Waals surface area contributed by atoms with E-state index >= 15 is 0 Å². The van der Waals surface area contributed by atoms with Gasteiger partial charge in [0.05, 0.1) is 6.61 Å². The van der Waals surface area contributed by atoms with E-state index in [0.717, 1.165) is 0 Å². The van der Waals surface area contributed by atoms with Crippen LogP contribution in [0.1, 0.15) is 23.0 Å². The van der Waals surface area contributed by atoms with Crippen LogP contribution in [0.25, 0.3) is 10.9 Å². The fraction of sp³-hybridized carbons (Fsp3) is 0.231. The quantitative estimate of drug-likeness (QED) is 0.863. The molecule has 0 spiro atoms. The Labute approximate surface area is 121 Å². The number of pyridine rings is 1. The normalized spacial score (nSPS) is 11.7. The van der Waals surface area contributed by atoms with Crippen molar-refractivity contribution in [3.63, 3.8) is 0 Å². The summed E-state index contributed by atoms with van der Waals surface area (Å²) in [5.41, 5.74) is -3.64. The molecule has 0 saturated carbocycles. The number of carbonyl (C=O) groups is 1. The maximum Gasteiger partial charge on any atom is 0.432 e. The highest BCUT2D eigenvalue weighted by atomic mass is 35.5. The van der Waals surface area contributed by atoms with Crippen molar-refractivity contribution in [2.24, 2.45) is 0 Å². The van der Waals surface area contributed by atoms with Gasteiger partial charge in [0.25, 0.3) is 0 Å². The Hall–Kier alpha value is -2.02. The smallest absolute Gasteiger partial charge is 0.432 e. The number of hydrogen-bond donors (Lipinski definition) is 1. The third-order valence-corrected chi connectivity index (χ3v) is 2.96. The Balaban J connectivity index is 2.87. The number of aromatic amines is 1. The van der Waals surface area contributed by atoms with Crippen LogP contribution in [0.3, 0.4) is 0 Å². The van der Waals surface area contributed by atoms with E-state index in [-0.39, 0.29) is 22.5 Å². The molecule has 2 rings (SSSR count). The minimum absolute atomic E-state index is 0.0650. The van der Waals surface area contributed by atoms with Gasteiger partial charge in [0.2, 0.25) is 5.43 Å². The molecule has 0 aliphatic carbocycles. The molecule has 1 aromatic carbocycles. The average molecular weight is 320 g/mol. The molecule has 4 nitrogen and oxygen atoms in total. The molecule has 1 N–H and O–H groups in total. The zero-order valence-electron chi connectivity index (χ0n) is 10.7. The van der Waals surface area contributed by atoms with Gasteiger partial charge < -0.3 is 9.72 Å².